The maximum atomic E-state index is 12.2. The zero-order chi connectivity index (χ0) is 11.9. The molecule has 0 spiro atoms. The van der Waals surface area contributed by atoms with Crippen LogP contribution in [0.1, 0.15) is 23.6 Å². The van der Waals surface area contributed by atoms with E-state index in [1.54, 1.807) is 0 Å². The molecule has 6 heteroatoms. The van der Waals surface area contributed by atoms with E-state index >= 15 is 0 Å². The van der Waals surface area contributed by atoms with Gasteiger partial charge in [0.2, 0.25) is 0 Å². The second kappa shape index (κ2) is 3.47. The number of rotatable bonds is 2. The topological polar surface area (TPSA) is 50.2 Å². The van der Waals surface area contributed by atoms with E-state index in [0.29, 0.717) is 12.0 Å². The molecule has 0 bridgehead atoms. The van der Waals surface area contributed by atoms with E-state index in [9.17, 15) is 18.0 Å². The summed E-state index contributed by atoms with van der Waals surface area (Å²) in [5.41, 5.74) is -0.399. The smallest absolute Gasteiger partial charge is 0.433 e. The molecule has 1 heterocycles. The molecule has 0 radical (unpaired) electrons. The molecule has 1 N–H and O–H groups in total. The molecule has 1 fully saturated rings. The first kappa shape index (κ1) is 10.9. The van der Waals surface area contributed by atoms with E-state index in [0.717, 1.165) is 12.3 Å². The van der Waals surface area contributed by atoms with E-state index < -0.39 is 23.8 Å². The van der Waals surface area contributed by atoms with E-state index in [4.69, 9.17) is 5.11 Å². The number of halogens is 3. The maximum absolute atomic E-state index is 12.2. The lowest BCUT2D eigenvalue weighted by Crippen LogP contribution is -2.07. The van der Waals surface area contributed by atoms with Crippen LogP contribution in [0.2, 0.25) is 0 Å². The summed E-state index contributed by atoms with van der Waals surface area (Å²) in [7, 11) is 0. The molecule has 0 amide bonds. The first-order valence-corrected chi connectivity index (χ1v) is 4.65. The molecule has 16 heavy (non-hydrogen) atoms. The predicted octanol–water partition coefficient (Wildman–Crippen LogP) is 2.29. The summed E-state index contributed by atoms with van der Waals surface area (Å²) in [4.78, 5) is 13.9. The highest BCUT2D eigenvalue weighted by atomic mass is 19.4. The monoisotopic (exact) mass is 231 g/mol. The molecule has 1 aliphatic carbocycles. The maximum Gasteiger partial charge on any atom is 0.433 e. The van der Waals surface area contributed by atoms with Gasteiger partial charge >= 0.3 is 12.1 Å². The van der Waals surface area contributed by atoms with E-state index in [2.05, 4.69) is 4.98 Å². The summed E-state index contributed by atoms with van der Waals surface area (Å²) >= 11 is 0. The van der Waals surface area contributed by atoms with Gasteiger partial charge in [0, 0.05) is 6.20 Å². The van der Waals surface area contributed by atoms with Gasteiger partial charge in [0.15, 0.2) is 0 Å². The number of carbonyl (C=O) groups is 1. The van der Waals surface area contributed by atoms with Gasteiger partial charge in [-0.15, -0.1) is 0 Å². The van der Waals surface area contributed by atoms with Crippen molar-refractivity contribution in [3.05, 3.63) is 29.6 Å². The Morgan fingerprint density at radius 2 is 2.12 bits per heavy atom. The Morgan fingerprint density at radius 1 is 1.44 bits per heavy atom. The minimum atomic E-state index is -4.45. The van der Waals surface area contributed by atoms with Crippen LogP contribution < -0.4 is 0 Å². The Hall–Kier alpha value is -1.59. The average Bonchev–Trinajstić information content (AvgIpc) is 2.96. The third-order valence-electron chi connectivity index (χ3n) is 2.61. The fraction of sp³-hybridized carbons (Fsp3) is 0.400. The lowest BCUT2D eigenvalue weighted by atomic mass is 10.1. The fourth-order valence-electron chi connectivity index (χ4n) is 1.63. The molecular formula is C10H8F3NO2. The standard InChI is InChI=1S/C10H8F3NO2/c11-10(12,13)8-2-1-5(4-14-8)6-3-7(6)9(15)16/h1-2,4,6-7H,3H2,(H,15,16)/t6-,7+/m1/s1. The number of alkyl halides is 3. The average molecular weight is 231 g/mol. The zero-order valence-electron chi connectivity index (χ0n) is 8.03. The number of hydrogen-bond acceptors (Lipinski definition) is 2. The van der Waals surface area contributed by atoms with Gasteiger partial charge in [0.25, 0.3) is 0 Å². The molecule has 1 aromatic heterocycles. The Bertz CT molecular complexity index is 413. The lowest BCUT2D eigenvalue weighted by Gasteiger charge is -2.05. The highest BCUT2D eigenvalue weighted by Crippen LogP contribution is 2.47. The van der Waals surface area contributed by atoms with Crippen molar-refractivity contribution in [3.8, 4) is 0 Å². The molecule has 1 saturated carbocycles. The number of aromatic nitrogens is 1. The molecule has 0 aliphatic heterocycles. The molecule has 2 rings (SSSR count). The van der Waals surface area contributed by atoms with Gasteiger partial charge in [-0.3, -0.25) is 9.78 Å². The summed E-state index contributed by atoms with van der Waals surface area (Å²) in [6, 6.07) is 2.18. The highest BCUT2D eigenvalue weighted by Gasteiger charge is 2.44. The first-order valence-electron chi connectivity index (χ1n) is 4.65. The number of aliphatic carboxylic acids is 1. The summed E-state index contributed by atoms with van der Waals surface area (Å²) in [5, 5.41) is 8.67. The van der Waals surface area contributed by atoms with E-state index in [1.165, 1.54) is 6.07 Å². The lowest BCUT2D eigenvalue weighted by molar-refractivity contribution is -0.141. The Balaban J connectivity index is 2.13. The third-order valence-corrected chi connectivity index (χ3v) is 2.61. The van der Waals surface area contributed by atoms with Crippen LogP contribution in [0.25, 0.3) is 0 Å². The van der Waals surface area contributed by atoms with Gasteiger partial charge in [0.1, 0.15) is 5.69 Å². The van der Waals surface area contributed by atoms with Crippen LogP contribution in [0.4, 0.5) is 13.2 Å². The van der Waals surface area contributed by atoms with E-state index in [1.807, 2.05) is 0 Å². The van der Waals surface area contributed by atoms with Crippen molar-refractivity contribution in [2.45, 2.75) is 18.5 Å². The van der Waals surface area contributed by atoms with Crippen molar-refractivity contribution in [1.29, 1.82) is 0 Å². The minimum Gasteiger partial charge on any atom is -0.481 e. The number of hydrogen-bond donors (Lipinski definition) is 1. The Morgan fingerprint density at radius 3 is 2.50 bits per heavy atom. The SMILES string of the molecule is O=C(O)[C@H]1C[C@@H]1c1ccc(C(F)(F)F)nc1. The second-order valence-electron chi connectivity index (χ2n) is 3.76. The van der Waals surface area contributed by atoms with Crippen molar-refractivity contribution in [2.24, 2.45) is 5.92 Å². The third kappa shape index (κ3) is 2.00. The van der Waals surface area contributed by atoms with Gasteiger partial charge in [-0.05, 0) is 24.0 Å². The molecule has 0 aromatic carbocycles. The van der Waals surface area contributed by atoms with Gasteiger partial charge in [-0.1, -0.05) is 6.07 Å². The first-order chi connectivity index (χ1) is 7.39. The normalized spacial score (nSPS) is 24.2. The second-order valence-corrected chi connectivity index (χ2v) is 3.76. The summed E-state index contributed by atoms with van der Waals surface area (Å²) in [6.45, 7) is 0. The minimum absolute atomic E-state index is 0.188. The number of carboxylic acid groups (broad SMARTS) is 1. The predicted molar refractivity (Wildman–Crippen MR) is 47.7 cm³/mol. The van der Waals surface area contributed by atoms with Gasteiger partial charge in [0.05, 0.1) is 5.92 Å². The van der Waals surface area contributed by atoms with Crippen molar-refractivity contribution < 1.29 is 23.1 Å². The van der Waals surface area contributed by atoms with Crippen molar-refractivity contribution in [1.82, 2.24) is 4.98 Å². The van der Waals surface area contributed by atoms with Gasteiger partial charge < -0.3 is 5.11 Å². The zero-order valence-corrected chi connectivity index (χ0v) is 8.03. The Labute approximate surface area is 88.9 Å². The molecular weight excluding hydrogens is 223 g/mol. The summed E-state index contributed by atoms with van der Waals surface area (Å²) < 4.78 is 36.6. The largest absolute Gasteiger partial charge is 0.481 e. The quantitative estimate of drug-likeness (QED) is 0.849. The van der Waals surface area contributed by atoms with E-state index in [-0.39, 0.29) is 5.92 Å². The molecule has 86 valence electrons. The molecule has 2 atom stereocenters. The van der Waals surface area contributed by atoms with Gasteiger partial charge in [-0.2, -0.15) is 13.2 Å². The fourth-order valence-corrected chi connectivity index (χ4v) is 1.63. The summed E-state index contributed by atoms with van der Waals surface area (Å²) in [6.07, 6.45) is -2.87. The van der Waals surface area contributed by atoms with Crippen LogP contribution in [0.15, 0.2) is 18.3 Å². The molecule has 0 saturated heterocycles. The molecule has 1 aliphatic rings. The number of pyridine rings is 1. The molecule has 0 unspecified atom stereocenters. The van der Waals surface area contributed by atoms with Crippen LogP contribution in [0.3, 0.4) is 0 Å². The van der Waals surface area contributed by atoms with Crippen LogP contribution >= 0.6 is 0 Å². The highest BCUT2D eigenvalue weighted by molar-refractivity contribution is 5.75. The van der Waals surface area contributed by atoms with Gasteiger partial charge in [-0.25, -0.2) is 0 Å². The molecule has 3 nitrogen and oxygen atoms in total. The van der Waals surface area contributed by atoms with Crippen LogP contribution in [-0.2, 0) is 11.0 Å². The summed E-state index contributed by atoms with van der Waals surface area (Å²) in [5.74, 6) is -1.57. The van der Waals surface area contributed by atoms with Crippen molar-refractivity contribution in [2.75, 3.05) is 0 Å². The molecule has 1 aromatic rings. The van der Waals surface area contributed by atoms with Crippen molar-refractivity contribution in [3.63, 3.8) is 0 Å². The van der Waals surface area contributed by atoms with Crippen LogP contribution in [0.5, 0.6) is 0 Å². The van der Waals surface area contributed by atoms with Crippen molar-refractivity contribution >= 4 is 5.97 Å². The van der Waals surface area contributed by atoms with Crippen LogP contribution in [0, 0.1) is 5.92 Å². The Kier molecular flexibility index (Phi) is 2.36. The number of nitrogens with zero attached hydrogens (tertiary/aromatic N) is 1. The van der Waals surface area contributed by atoms with Crippen LogP contribution in [-0.4, -0.2) is 16.1 Å². The number of carboxylic acids is 1.